The van der Waals surface area contributed by atoms with Gasteiger partial charge in [0.1, 0.15) is 5.75 Å². The van der Waals surface area contributed by atoms with Gasteiger partial charge in [-0.3, -0.25) is 19.3 Å². The Bertz CT molecular complexity index is 1150. The van der Waals surface area contributed by atoms with E-state index in [0.29, 0.717) is 43.1 Å². The summed E-state index contributed by atoms with van der Waals surface area (Å²) in [5.74, 6) is -0.592. The largest absolute Gasteiger partial charge is 0.496 e. The van der Waals surface area contributed by atoms with Crippen molar-refractivity contribution in [1.29, 1.82) is 0 Å². The number of ether oxygens (including phenoxy) is 3. The summed E-state index contributed by atoms with van der Waals surface area (Å²) in [4.78, 5) is 39.4. The second-order valence-corrected chi connectivity index (χ2v) is 9.58. The molecule has 1 aliphatic rings. The van der Waals surface area contributed by atoms with Gasteiger partial charge >= 0.3 is 5.97 Å². The molecule has 1 heterocycles. The highest BCUT2D eigenvalue weighted by atomic mass is 35.5. The molecule has 0 unspecified atom stereocenters. The molecule has 39 heavy (non-hydrogen) atoms. The van der Waals surface area contributed by atoms with Crippen LogP contribution in [-0.4, -0.2) is 87.0 Å². The van der Waals surface area contributed by atoms with Crippen molar-refractivity contribution in [2.75, 3.05) is 58.1 Å². The lowest BCUT2D eigenvalue weighted by Crippen LogP contribution is -2.55. The summed E-state index contributed by atoms with van der Waals surface area (Å²) in [5.41, 5.74) is 7.77. The molecule has 0 bridgehead atoms. The third kappa shape index (κ3) is 8.82. The van der Waals surface area contributed by atoms with Gasteiger partial charge in [0.25, 0.3) is 5.91 Å². The van der Waals surface area contributed by atoms with E-state index in [2.05, 4.69) is 10.6 Å². The maximum Gasteiger partial charge on any atom is 0.310 e. The molecule has 212 valence electrons. The Hall–Kier alpha value is -3.38. The molecule has 0 saturated carbocycles. The van der Waals surface area contributed by atoms with Crippen molar-refractivity contribution in [3.63, 3.8) is 0 Å². The second-order valence-electron chi connectivity index (χ2n) is 9.17. The standard InChI is InChI=1S/C27H35ClN4O7/c1-37-23-14-21(29)20(28)13-19(23)27(36)31-22-8-9-32(15-24(22)38-2)16-25(34)30-18-6-4-17(5-7-18)12-26(35)39-11-3-10-33/h4-7,13-14,22,24,33H,3,8-12,15-16,29H2,1-2H3,(H,30,34)(H,31,36)/t22-,24+/m1/s1. The second kappa shape index (κ2) is 14.7. The minimum atomic E-state index is -0.371. The Labute approximate surface area is 232 Å². The van der Waals surface area contributed by atoms with E-state index in [1.165, 1.54) is 19.2 Å². The molecule has 3 rings (SSSR count). The number of aliphatic hydroxyl groups is 1. The maximum atomic E-state index is 13.0. The van der Waals surface area contributed by atoms with Gasteiger partial charge in [0.05, 0.1) is 55.1 Å². The number of hydrogen-bond donors (Lipinski definition) is 4. The van der Waals surface area contributed by atoms with Crippen molar-refractivity contribution in [1.82, 2.24) is 10.2 Å². The lowest BCUT2D eigenvalue weighted by molar-refractivity contribution is -0.143. The minimum absolute atomic E-state index is 0.0295. The van der Waals surface area contributed by atoms with Crippen molar-refractivity contribution in [3.05, 3.63) is 52.5 Å². The van der Waals surface area contributed by atoms with Gasteiger partial charge in [-0.25, -0.2) is 0 Å². The number of hydrogen-bond acceptors (Lipinski definition) is 9. The topological polar surface area (TPSA) is 152 Å². The number of anilines is 2. The first-order valence-electron chi connectivity index (χ1n) is 12.6. The monoisotopic (exact) mass is 562 g/mol. The van der Waals surface area contributed by atoms with Gasteiger partial charge in [-0.15, -0.1) is 0 Å². The van der Waals surface area contributed by atoms with E-state index in [9.17, 15) is 14.4 Å². The molecular formula is C27H35ClN4O7. The van der Waals surface area contributed by atoms with Crippen molar-refractivity contribution in [2.45, 2.75) is 31.4 Å². The Kier molecular flexibility index (Phi) is 11.4. The molecular weight excluding hydrogens is 528 g/mol. The van der Waals surface area contributed by atoms with Crippen LogP contribution in [0.25, 0.3) is 0 Å². The summed E-state index contributed by atoms with van der Waals surface area (Å²) < 4.78 is 15.9. The smallest absolute Gasteiger partial charge is 0.310 e. The number of halogens is 1. The molecule has 1 fully saturated rings. The number of likely N-dealkylation sites (tertiary alicyclic amines) is 1. The number of rotatable bonds is 12. The van der Waals surface area contributed by atoms with Gasteiger partial charge in [0.15, 0.2) is 0 Å². The fourth-order valence-corrected chi connectivity index (χ4v) is 4.43. The van der Waals surface area contributed by atoms with Gasteiger partial charge in [0, 0.05) is 45.0 Å². The van der Waals surface area contributed by atoms with E-state index in [-0.39, 0.29) is 66.7 Å². The van der Waals surface area contributed by atoms with E-state index in [1.807, 2.05) is 4.90 Å². The highest BCUT2D eigenvalue weighted by Crippen LogP contribution is 2.29. The number of methoxy groups -OCH3 is 2. The van der Waals surface area contributed by atoms with Gasteiger partial charge in [-0.1, -0.05) is 23.7 Å². The van der Waals surface area contributed by atoms with Crippen LogP contribution in [0.4, 0.5) is 11.4 Å². The number of carbonyl (C=O) groups is 3. The van der Waals surface area contributed by atoms with Crippen molar-refractivity contribution < 1.29 is 33.7 Å². The zero-order chi connectivity index (χ0) is 28.4. The number of aliphatic hydroxyl groups excluding tert-OH is 1. The van der Waals surface area contributed by atoms with Crippen LogP contribution in [0.15, 0.2) is 36.4 Å². The summed E-state index contributed by atoms with van der Waals surface area (Å²) >= 11 is 6.10. The first-order valence-corrected chi connectivity index (χ1v) is 13.0. The van der Waals surface area contributed by atoms with Crippen LogP contribution in [0.5, 0.6) is 5.75 Å². The van der Waals surface area contributed by atoms with Gasteiger partial charge < -0.3 is 35.7 Å². The number of nitrogen functional groups attached to an aromatic ring is 1. The number of nitrogens with two attached hydrogens (primary N) is 1. The molecule has 0 radical (unpaired) electrons. The highest BCUT2D eigenvalue weighted by molar-refractivity contribution is 6.33. The molecule has 2 aromatic rings. The van der Waals surface area contributed by atoms with Crippen LogP contribution >= 0.6 is 11.6 Å². The third-order valence-corrected chi connectivity index (χ3v) is 6.67. The number of esters is 1. The van der Waals surface area contributed by atoms with Gasteiger partial charge in [-0.2, -0.15) is 0 Å². The molecule has 2 aromatic carbocycles. The van der Waals surface area contributed by atoms with Crippen LogP contribution in [-0.2, 0) is 25.5 Å². The fourth-order valence-electron chi connectivity index (χ4n) is 4.27. The molecule has 0 aliphatic carbocycles. The third-order valence-electron chi connectivity index (χ3n) is 6.34. The molecule has 11 nitrogen and oxygen atoms in total. The average Bonchev–Trinajstić information content (AvgIpc) is 2.91. The molecule has 12 heteroatoms. The molecule has 5 N–H and O–H groups in total. The van der Waals surface area contributed by atoms with E-state index in [4.69, 9.17) is 36.7 Å². The van der Waals surface area contributed by atoms with E-state index >= 15 is 0 Å². The SMILES string of the molecule is COc1cc(N)c(Cl)cc1C(=O)N[C@@H]1CCN(CC(=O)Nc2ccc(CC(=O)OCCCO)cc2)C[C@@H]1OC. The Morgan fingerprint density at radius 2 is 1.92 bits per heavy atom. The zero-order valence-corrected chi connectivity index (χ0v) is 22.8. The number of nitrogens with one attached hydrogen (secondary N) is 2. The molecule has 0 spiro atoms. The fraction of sp³-hybridized carbons (Fsp3) is 0.444. The summed E-state index contributed by atoms with van der Waals surface area (Å²) in [6.45, 7) is 1.34. The maximum absolute atomic E-state index is 13.0. The summed E-state index contributed by atoms with van der Waals surface area (Å²) in [5, 5.41) is 14.9. The van der Waals surface area contributed by atoms with E-state index in [0.717, 1.165) is 5.56 Å². The normalized spacial score (nSPS) is 17.3. The summed E-state index contributed by atoms with van der Waals surface area (Å²) in [7, 11) is 3.02. The van der Waals surface area contributed by atoms with Crippen LogP contribution in [0.2, 0.25) is 5.02 Å². The lowest BCUT2D eigenvalue weighted by Gasteiger charge is -2.37. The van der Waals surface area contributed by atoms with Crippen LogP contribution in [0.3, 0.4) is 0 Å². The quantitative estimate of drug-likeness (QED) is 0.172. The summed E-state index contributed by atoms with van der Waals surface area (Å²) in [6.07, 6.45) is 0.762. The number of carbonyl (C=O) groups excluding carboxylic acids is 3. The molecule has 2 amide bonds. The van der Waals surface area contributed by atoms with Crippen LogP contribution < -0.4 is 21.1 Å². The van der Waals surface area contributed by atoms with E-state index in [1.54, 1.807) is 31.4 Å². The predicted molar refractivity (Wildman–Crippen MR) is 147 cm³/mol. The van der Waals surface area contributed by atoms with Crippen molar-refractivity contribution in [2.24, 2.45) is 0 Å². The number of piperidine rings is 1. The first-order chi connectivity index (χ1) is 18.7. The number of nitrogens with zero attached hydrogens (tertiary/aromatic N) is 1. The Balaban J connectivity index is 1.49. The van der Waals surface area contributed by atoms with E-state index < -0.39 is 0 Å². The van der Waals surface area contributed by atoms with Crippen LogP contribution in [0, 0.1) is 0 Å². The molecule has 2 atom stereocenters. The Morgan fingerprint density at radius 3 is 2.59 bits per heavy atom. The summed E-state index contributed by atoms with van der Waals surface area (Å²) in [6, 6.07) is 9.67. The van der Waals surface area contributed by atoms with Crippen molar-refractivity contribution in [3.8, 4) is 5.75 Å². The zero-order valence-electron chi connectivity index (χ0n) is 22.1. The lowest BCUT2D eigenvalue weighted by atomic mass is 10.0. The molecule has 1 saturated heterocycles. The molecule has 0 aromatic heterocycles. The van der Waals surface area contributed by atoms with Gasteiger partial charge in [-0.05, 0) is 30.2 Å². The van der Waals surface area contributed by atoms with Crippen molar-refractivity contribution >= 4 is 40.8 Å². The van der Waals surface area contributed by atoms with Gasteiger partial charge in [0.2, 0.25) is 5.91 Å². The predicted octanol–water partition coefficient (Wildman–Crippen LogP) is 1.86. The highest BCUT2D eigenvalue weighted by Gasteiger charge is 2.32. The average molecular weight is 563 g/mol. The van der Waals surface area contributed by atoms with Crippen LogP contribution in [0.1, 0.15) is 28.8 Å². The first kappa shape index (κ1) is 30.2. The number of amides is 2. The molecule has 1 aliphatic heterocycles. The Morgan fingerprint density at radius 1 is 1.18 bits per heavy atom. The number of benzene rings is 2. The minimum Gasteiger partial charge on any atom is -0.496 e.